The van der Waals surface area contributed by atoms with Crippen molar-refractivity contribution in [1.82, 2.24) is 9.21 Å². The Bertz CT molecular complexity index is 737. The van der Waals surface area contributed by atoms with Gasteiger partial charge in [0.2, 0.25) is 15.9 Å². The van der Waals surface area contributed by atoms with Crippen LogP contribution < -0.4 is 0 Å². The van der Waals surface area contributed by atoms with Crippen LogP contribution in [0.2, 0.25) is 0 Å². The Morgan fingerprint density at radius 1 is 1.08 bits per heavy atom. The molecular formula is C18H26N2O5S. The van der Waals surface area contributed by atoms with Crippen LogP contribution in [0.5, 0.6) is 0 Å². The van der Waals surface area contributed by atoms with Gasteiger partial charge in [-0.1, -0.05) is 26.0 Å². The minimum absolute atomic E-state index is 0.0564. The highest BCUT2D eigenvalue weighted by Crippen LogP contribution is 2.23. The lowest BCUT2D eigenvalue weighted by molar-refractivity contribution is -0.141. The van der Waals surface area contributed by atoms with Gasteiger partial charge in [0.1, 0.15) is 0 Å². The van der Waals surface area contributed by atoms with E-state index in [0.717, 1.165) is 12.0 Å². The summed E-state index contributed by atoms with van der Waals surface area (Å²) in [6.07, 6.45) is 0.725. The first kappa shape index (κ1) is 20.4. The van der Waals surface area contributed by atoms with Gasteiger partial charge in [-0.25, -0.2) is 8.42 Å². The number of carboxylic acids is 1. The molecule has 0 radical (unpaired) electrons. The number of carbonyl (C=O) groups excluding carboxylic acids is 1. The van der Waals surface area contributed by atoms with Crippen LogP contribution >= 0.6 is 0 Å². The van der Waals surface area contributed by atoms with Crippen LogP contribution in [0.4, 0.5) is 0 Å². The summed E-state index contributed by atoms with van der Waals surface area (Å²) in [4.78, 5) is 24.3. The number of hydrogen-bond donors (Lipinski definition) is 1. The number of sulfonamides is 1. The van der Waals surface area contributed by atoms with E-state index < -0.39 is 16.0 Å². The molecule has 1 amide bonds. The summed E-state index contributed by atoms with van der Waals surface area (Å²) in [5, 5.41) is 8.65. The molecule has 1 aliphatic rings. The molecule has 0 aliphatic carbocycles. The Hall–Kier alpha value is -1.93. The Morgan fingerprint density at radius 3 is 2.15 bits per heavy atom. The average Bonchev–Trinajstić information content (AvgIpc) is 2.65. The van der Waals surface area contributed by atoms with Gasteiger partial charge in [-0.05, 0) is 30.0 Å². The maximum absolute atomic E-state index is 12.8. The number of hydrogen-bond acceptors (Lipinski definition) is 4. The van der Waals surface area contributed by atoms with E-state index in [-0.39, 0.29) is 49.8 Å². The van der Waals surface area contributed by atoms with Crippen LogP contribution in [-0.4, -0.2) is 60.8 Å². The summed E-state index contributed by atoms with van der Waals surface area (Å²) >= 11 is 0. The summed E-state index contributed by atoms with van der Waals surface area (Å²) in [5.41, 5.74) is 1.11. The minimum atomic E-state index is -3.58. The molecule has 2 rings (SSSR count). The van der Waals surface area contributed by atoms with Gasteiger partial charge >= 0.3 is 5.97 Å². The van der Waals surface area contributed by atoms with Crippen LogP contribution in [0.15, 0.2) is 29.2 Å². The van der Waals surface area contributed by atoms with E-state index in [2.05, 4.69) is 13.8 Å². The van der Waals surface area contributed by atoms with Crippen molar-refractivity contribution in [2.75, 3.05) is 26.2 Å². The molecule has 144 valence electrons. The molecule has 1 aliphatic heterocycles. The maximum atomic E-state index is 12.8. The number of rotatable bonds is 7. The molecule has 8 heteroatoms. The summed E-state index contributed by atoms with van der Waals surface area (Å²) in [5.74, 6) is -0.880. The third-order valence-corrected chi connectivity index (χ3v) is 6.76. The predicted octanol–water partition coefficient (Wildman–Crippen LogP) is 1.90. The molecule has 0 aromatic heterocycles. The second-order valence-electron chi connectivity index (χ2n) is 6.56. The zero-order valence-electron chi connectivity index (χ0n) is 15.2. The first-order valence-corrected chi connectivity index (χ1v) is 10.3. The van der Waals surface area contributed by atoms with Crippen LogP contribution in [0, 0.1) is 0 Å². The molecule has 1 saturated heterocycles. The van der Waals surface area contributed by atoms with Crippen molar-refractivity contribution in [3.63, 3.8) is 0 Å². The lowest BCUT2D eigenvalue weighted by atomic mass is 9.99. The van der Waals surface area contributed by atoms with Gasteiger partial charge in [0.15, 0.2) is 0 Å². The lowest BCUT2D eigenvalue weighted by Gasteiger charge is -2.34. The molecular weight excluding hydrogens is 356 g/mol. The molecule has 1 heterocycles. The molecule has 0 saturated carbocycles. The first-order chi connectivity index (χ1) is 12.3. The molecule has 7 nitrogen and oxygen atoms in total. The van der Waals surface area contributed by atoms with Crippen LogP contribution in [-0.2, 0) is 19.6 Å². The number of benzene rings is 1. The molecule has 1 fully saturated rings. The minimum Gasteiger partial charge on any atom is -0.481 e. The molecule has 1 aromatic carbocycles. The van der Waals surface area contributed by atoms with E-state index in [1.54, 1.807) is 12.1 Å². The van der Waals surface area contributed by atoms with Gasteiger partial charge in [0, 0.05) is 32.6 Å². The van der Waals surface area contributed by atoms with Gasteiger partial charge in [-0.15, -0.1) is 0 Å². The van der Waals surface area contributed by atoms with Crippen molar-refractivity contribution < 1.29 is 23.1 Å². The molecule has 1 unspecified atom stereocenters. The Morgan fingerprint density at radius 2 is 1.65 bits per heavy atom. The first-order valence-electron chi connectivity index (χ1n) is 8.85. The zero-order chi connectivity index (χ0) is 19.3. The third-order valence-electron chi connectivity index (χ3n) is 4.84. The standard InChI is InChI=1S/C18H26N2O5S/c1-3-14(2)15-4-6-16(7-5-15)26(24,25)20-12-10-19(11-13-20)17(21)8-9-18(22)23/h4-7,14H,3,8-13H2,1-2H3,(H,22,23). The van der Waals surface area contributed by atoms with E-state index in [9.17, 15) is 18.0 Å². The van der Waals surface area contributed by atoms with Crippen molar-refractivity contribution in [3.05, 3.63) is 29.8 Å². The Kier molecular flexibility index (Phi) is 6.77. The highest BCUT2D eigenvalue weighted by atomic mass is 32.2. The van der Waals surface area contributed by atoms with Gasteiger partial charge in [-0.3, -0.25) is 9.59 Å². The third kappa shape index (κ3) is 4.82. The number of aliphatic carboxylic acids is 1. The van der Waals surface area contributed by atoms with Gasteiger partial charge in [-0.2, -0.15) is 4.31 Å². The summed E-state index contributed by atoms with van der Waals surface area (Å²) in [7, 11) is -3.58. The monoisotopic (exact) mass is 382 g/mol. The highest BCUT2D eigenvalue weighted by molar-refractivity contribution is 7.89. The Balaban J connectivity index is 1.99. The molecule has 0 spiro atoms. The highest BCUT2D eigenvalue weighted by Gasteiger charge is 2.30. The van der Waals surface area contributed by atoms with Crippen molar-refractivity contribution in [2.45, 2.75) is 43.9 Å². The van der Waals surface area contributed by atoms with E-state index >= 15 is 0 Å². The van der Waals surface area contributed by atoms with Gasteiger partial charge < -0.3 is 10.0 Å². The zero-order valence-corrected chi connectivity index (χ0v) is 16.0. The van der Waals surface area contributed by atoms with Crippen LogP contribution in [0.25, 0.3) is 0 Å². The molecule has 26 heavy (non-hydrogen) atoms. The number of carboxylic acid groups (broad SMARTS) is 1. The van der Waals surface area contributed by atoms with Crippen molar-refractivity contribution in [3.8, 4) is 0 Å². The van der Waals surface area contributed by atoms with E-state index in [0.29, 0.717) is 5.92 Å². The number of piperazine rings is 1. The second-order valence-corrected chi connectivity index (χ2v) is 8.49. The van der Waals surface area contributed by atoms with Crippen molar-refractivity contribution >= 4 is 21.9 Å². The predicted molar refractivity (Wildman–Crippen MR) is 97.4 cm³/mol. The molecule has 1 atom stereocenters. The second kappa shape index (κ2) is 8.64. The normalized spacial score (nSPS) is 17.1. The van der Waals surface area contributed by atoms with Crippen LogP contribution in [0.1, 0.15) is 44.6 Å². The SMILES string of the molecule is CCC(C)c1ccc(S(=O)(=O)N2CCN(C(=O)CCC(=O)O)CC2)cc1. The lowest BCUT2D eigenvalue weighted by Crippen LogP contribution is -2.50. The van der Waals surface area contributed by atoms with Crippen molar-refractivity contribution in [2.24, 2.45) is 0 Å². The smallest absolute Gasteiger partial charge is 0.303 e. The topological polar surface area (TPSA) is 95.0 Å². The van der Waals surface area contributed by atoms with Gasteiger partial charge in [0.25, 0.3) is 0 Å². The summed E-state index contributed by atoms with van der Waals surface area (Å²) in [6, 6.07) is 6.99. The number of nitrogens with zero attached hydrogens (tertiary/aromatic N) is 2. The summed E-state index contributed by atoms with van der Waals surface area (Å²) < 4.78 is 26.9. The van der Waals surface area contributed by atoms with E-state index in [1.165, 1.54) is 9.21 Å². The van der Waals surface area contributed by atoms with Crippen LogP contribution in [0.3, 0.4) is 0 Å². The summed E-state index contributed by atoms with van der Waals surface area (Å²) in [6.45, 7) is 5.18. The largest absolute Gasteiger partial charge is 0.481 e. The quantitative estimate of drug-likeness (QED) is 0.777. The maximum Gasteiger partial charge on any atom is 0.303 e. The average molecular weight is 382 g/mol. The van der Waals surface area contributed by atoms with Gasteiger partial charge in [0.05, 0.1) is 11.3 Å². The van der Waals surface area contributed by atoms with Crippen molar-refractivity contribution in [1.29, 1.82) is 0 Å². The fraction of sp³-hybridized carbons (Fsp3) is 0.556. The van der Waals surface area contributed by atoms with E-state index in [1.807, 2.05) is 12.1 Å². The molecule has 0 bridgehead atoms. The van der Waals surface area contributed by atoms with E-state index in [4.69, 9.17) is 5.11 Å². The molecule has 1 N–H and O–H groups in total. The molecule has 1 aromatic rings. The fourth-order valence-electron chi connectivity index (χ4n) is 2.90. The Labute approximate surface area is 154 Å². The number of carbonyl (C=O) groups is 2. The fourth-order valence-corrected chi connectivity index (χ4v) is 4.33. The number of amides is 1.